The zero-order chi connectivity index (χ0) is 28.3. The van der Waals surface area contributed by atoms with Gasteiger partial charge in [0.05, 0.1) is 44.6 Å². The van der Waals surface area contributed by atoms with E-state index in [2.05, 4.69) is 19.2 Å². The molecule has 0 spiro atoms. The van der Waals surface area contributed by atoms with Crippen molar-refractivity contribution in [2.24, 2.45) is 10.6 Å². The second-order valence-electron chi connectivity index (χ2n) is 10.0. The highest BCUT2D eigenvalue weighted by molar-refractivity contribution is 7.90. The quantitative estimate of drug-likeness (QED) is 0.393. The van der Waals surface area contributed by atoms with Gasteiger partial charge < -0.3 is 24.3 Å². The van der Waals surface area contributed by atoms with Gasteiger partial charge in [-0.05, 0) is 54.2 Å². The standard InChI is InChI=1S/C25H37N3O8S2/c1-25(2)14-18(36-16-25)9-10-27-20-8-7-19(13-23(20)37(26,29)30)38(31,32)28(3)15-17-11-21(33-4)24(35-6)22(12-17)34-5/h7-8,11-13,18,27H,9-10,14-16H2,1-6H3,(H2,26,29,30). The van der Waals surface area contributed by atoms with Crippen LogP contribution in [0.4, 0.5) is 5.69 Å². The predicted octanol–water partition coefficient (Wildman–Crippen LogP) is 2.80. The fraction of sp³-hybridized carbons (Fsp3) is 0.520. The molecule has 13 heteroatoms. The molecule has 38 heavy (non-hydrogen) atoms. The molecule has 212 valence electrons. The van der Waals surface area contributed by atoms with Gasteiger partial charge in [0.15, 0.2) is 11.5 Å². The van der Waals surface area contributed by atoms with Crippen molar-refractivity contribution < 1.29 is 35.8 Å². The van der Waals surface area contributed by atoms with Crippen molar-refractivity contribution in [1.82, 2.24) is 4.31 Å². The van der Waals surface area contributed by atoms with Crippen molar-refractivity contribution in [3.05, 3.63) is 35.9 Å². The van der Waals surface area contributed by atoms with Gasteiger partial charge in [0.25, 0.3) is 0 Å². The van der Waals surface area contributed by atoms with Gasteiger partial charge in [-0.25, -0.2) is 22.0 Å². The lowest BCUT2D eigenvalue weighted by Gasteiger charge is -2.20. The number of nitrogens with one attached hydrogen (secondary N) is 1. The first-order chi connectivity index (χ1) is 17.7. The number of rotatable bonds is 12. The van der Waals surface area contributed by atoms with Crippen LogP contribution in [0.5, 0.6) is 17.2 Å². The molecule has 0 aliphatic carbocycles. The summed E-state index contributed by atoms with van der Waals surface area (Å²) >= 11 is 0. The number of nitrogens with two attached hydrogens (primary N) is 1. The normalized spacial score (nSPS) is 17.4. The van der Waals surface area contributed by atoms with Crippen molar-refractivity contribution in [1.29, 1.82) is 0 Å². The number of anilines is 1. The van der Waals surface area contributed by atoms with E-state index in [1.807, 2.05) is 0 Å². The van der Waals surface area contributed by atoms with E-state index in [1.54, 1.807) is 12.1 Å². The van der Waals surface area contributed by atoms with Gasteiger partial charge in [-0.2, -0.15) is 4.31 Å². The summed E-state index contributed by atoms with van der Waals surface area (Å²) in [5.74, 6) is 1.14. The Morgan fingerprint density at radius 3 is 2.18 bits per heavy atom. The molecular weight excluding hydrogens is 534 g/mol. The van der Waals surface area contributed by atoms with Gasteiger partial charge in [-0.15, -0.1) is 0 Å². The summed E-state index contributed by atoms with van der Waals surface area (Å²) in [5.41, 5.74) is 0.921. The summed E-state index contributed by atoms with van der Waals surface area (Å²) in [6.07, 6.45) is 1.65. The molecule has 1 heterocycles. The molecule has 0 saturated carbocycles. The Hall–Kier alpha value is -2.58. The lowest BCUT2D eigenvalue weighted by molar-refractivity contribution is 0.0962. The van der Waals surface area contributed by atoms with Crippen molar-refractivity contribution in [2.45, 2.75) is 49.1 Å². The highest BCUT2D eigenvalue weighted by Crippen LogP contribution is 2.39. The Bertz CT molecular complexity index is 1340. The third kappa shape index (κ3) is 6.89. The molecule has 0 bridgehead atoms. The molecule has 2 aromatic rings. The minimum atomic E-state index is -4.22. The smallest absolute Gasteiger partial charge is 0.243 e. The molecule has 0 radical (unpaired) electrons. The number of sulfonamides is 2. The molecule has 1 saturated heterocycles. The Morgan fingerprint density at radius 2 is 1.68 bits per heavy atom. The highest BCUT2D eigenvalue weighted by atomic mass is 32.2. The Morgan fingerprint density at radius 1 is 1.05 bits per heavy atom. The predicted molar refractivity (Wildman–Crippen MR) is 144 cm³/mol. The van der Waals surface area contributed by atoms with Crippen molar-refractivity contribution >= 4 is 25.7 Å². The summed E-state index contributed by atoms with van der Waals surface area (Å²) in [6.45, 7) is 5.35. The highest BCUT2D eigenvalue weighted by Gasteiger charge is 2.31. The van der Waals surface area contributed by atoms with E-state index in [1.165, 1.54) is 40.5 Å². The summed E-state index contributed by atoms with van der Waals surface area (Å²) < 4.78 is 74.4. The maximum absolute atomic E-state index is 13.4. The van der Waals surface area contributed by atoms with Gasteiger partial charge in [0, 0.05) is 20.1 Å². The number of hydrogen-bond acceptors (Lipinski definition) is 9. The van der Waals surface area contributed by atoms with Crippen LogP contribution in [0, 0.1) is 5.41 Å². The molecule has 0 aromatic heterocycles. The molecule has 1 fully saturated rings. The Kier molecular flexibility index (Phi) is 9.20. The van der Waals surface area contributed by atoms with E-state index in [9.17, 15) is 16.8 Å². The molecule has 1 atom stereocenters. The first kappa shape index (κ1) is 30.0. The number of benzene rings is 2. The van der Waals surface area contributed by atoms with E-state index >= 15 is 0 Å². The van der Waals surface area contributed by atoms with E-state index in [4.69, 9.17) is 24.1 Å². The van der Waals surface area contributed by atoms with Crippen LogP contribution in [-0.2, 0) is 31.3 Å². The number of methoxy groups -OCH3 is 3. The van der Waals surface area contributed by atoms with Crippen molar-refractivity contribution in [3.8, 4) is 17.2 Å². The minimum absolute atomic E-state index is 0.0402. The van der Waals surface area contributed by atoms with E-state index in [-0.39, 0.29) is 33.5 Å². The zero-order valence-corrected chi connectivity index (χ0v) is 24.2. The third-order valence-electron chi connectivity index (χ3n) is 6.37. The van der Waals surface area contributed by atoms with E-state index in [0.29, 0.717) is 42.4 Å². The topological polar surface area (TPSA) is 146 Å². The average Bonchev–Trinajstić information content (AvgIpc) is 3.20. The van der Waals surface area contributed by atoms with Gasteiger partial charge in [-0.1, -0.05) is 13.8 Å². The summed E-state index contributed by atoms with van der Waals surface area (Å²) in [7, 11) is -2.51. The van der Waals surface area contributed by atoms with Gasteiger partial charge in [-0.3, -0.25) is 0 Å². The van der Waals surface area contributed by atoms with E-state index in [0.717, 1.165) is 16.8 Å². The van der Waals surface area contributed by atoms with E-state index < -0.39 is 20.0 Å². The Balaban J connectivity index is 1.82. The second-order valence-corrected chi connectivity index (χ2v) is 13.6. The third-order valence-corrected chi connectivity index (χ3v) is 9.12. The summed E-state index contributed by atoms with van der Waals surface area (Å²) in [6, 6.07) is 7.14. The lowest BCUT2D eigenvalue weighted by Crippen LogP contribution is -2.27. The van der Waals surface area contributed by atoms with Crippen LogP contribution >= 0.6 is 0 Å². The number of nitrogens with zero attached hydrogens (tertiary/aromatic N) is 1. The average molecular weight is 572 g/mol. The fourth-order valence-corrected chi connectivity index (χ4v) is 6.42. The van der Waals surface area contributed by atoms with Crippen LogP contribution in [0.2, 0.25) is 0 Å². The molecule has 1 aliphatic rings. The SMILES string of the molecule is COc1cc(CN(C)S(=O)(=O)c2ccc(NCCC3CC(C)(C)CO3)c(S(N)(=O)=O)c2)cc(OC)c1OC. The van der Waals surface area contributed by atoms with Crippen LogP contribution in [0.15, 0.2) is 40.1 Å². The largest absolute Gasteiger partial charge is 0.493 e. The molecule has 3 rings (SSSR count). The zero-order valence-electron chi connectivity index (χ0n) is 22.6. The number of hydrogen-bond donors (Lipinski definition) is 2. The van der Waals surface area contributed by atoms with Gasteiger partial charge in [0.2, 0.25) is 25.8 Å². The molecule has 0 amide bonds. The molecule has 1 aliphatic heterocycles. The fourth-order valence-electron chi connectivity index (χ4n) is 4.42. The maximum Gasteiger partial charge on any atom is 0.243 e. The van der Waals surface area contributed by atoms with Crippen LogP contribution in [0.25, 0.3) is 0 Å². The molecule has 3 N–H and O–H groups in total. The first-order valence-electron chi connectivity index (χ1n) is 12.0. The van der Waals surface area contributed by atoms with Gasteiger partial charge >= 0.3 is 0 Å². The molecule has 1 unspecified atom stereocenters. The van der Waals surface area contributed by atoms with Crippen molar-refractivity contribution in [3.63, 3.8) is 0 Å². The van der Waals surface area contributed by atoms with Crippen LogP contribution in [0.1, 0.15) is 32.3 Å². The van der Waals surface area contributed by atoms with Crippen LogP contribution < -0.4 is 24.7 Å². The minimum Gasteiger partial charge on any atom is -0.493 e. The summed E-state index contributed by atoms with van der Waals surface area (Å²) in [5, 5.41) is 8.52. The van der Waals surface area contributed by atoms with Gasteiger partial charge in [0.1, 0.15) is 4.90 Å². The summed E-state index contributed by atoms with van der Waals surface area (Å²) in [4.78, 5) is -0.504. The van der Waals surface area contributed by atoms with Crippen LogP contribution in [-0.4, -0.2) is 68.8 Å². The maximum atomic E-state index is 13.4. The lowest BCUT2D eigenvalue weighted by atomic mass is 9.90. The molecular formula is C25H37N3O8S2. The molecule has 11 nitrogen and oxygen atoms in total. The second kappa shape index (κ2) is 11.7. The number of primary sulfonamides is 1. The number of ether oxygens (including phenoxy) is 4. The van der Waals surface area contributed by atoms with Crippen molar-refractivity contribution in [2.75, 3.05) is 46.8 Å². The molecule has 2 aromatic carbocycles. The van der Waals surface area contributed by atoms with Crippen LogP contribution in [0.3, 0.4) is 0 Å². The monoisotopic (exact) mass is 571 g/mol. The Labute approximate surface area is 225 Å². The first-order valence-corrected chi connectivity index (χ1v) is 15.0.